The molecule has 2 heterocycles. The second-order valence-corrected chi connectivity index (χ2v) is 8.73. The molecule has 0 saturated carbocycles. The normalized spacial score (nSPS) is 12.2. The molecular weight excluding hydrogens is 543 g/mol. The average Bonchev–Trinajstić information content (AvgIpc) is 3.43. The molecule has 31 heavy (non-hydrogen) atoms. The second-order valence-electron chi connectivity index (χ2n) is 6.84. The van der Waals surface area contributed by atoms with E-state index < -0.39 is 0 Å². The summed E-state index contributed by atoms with van der Waals surface area (Å²) in [5.41, 5.74) is 3.41. The van der Waals surface area contributed by atoms with E-state index in [1.807, 2.05) is 26.1 Å². The van der Waals surface area contributed by atoms with Crippen LogP contribution in [-0.2, 0) is 17.8 Å². The first-order chi connectivity index (χ1) is 14.5. The Morgan fingerprint density at radius 2 is 1.90 bits per heavy atom. The number of nitrogens with zero attached hydrogens (tertiary/aromatic N) is 3. The minimum absolute atomic E-state index is 0. The smallest absolute Gasteiger partial charge is 0.194 e. The van der Waals surface area contributed by atoms with Gasteiger partial charge in [0.1, 0.15) is 16.9 Å². The highest BCUT2D eigenvalue weighted by atomic mass is 127. The summed E-state index contributed by atoms with van der Waals surface area (Å²) in [7, 11) is 7.20. The van der Waals surface area contributed by atoms with Crippen LogP contribution in [-0.4, -0.2) is 44.2 Å². The van der Waals surface area contributed by atoms with Crippen molar-refractivity contribution in [2.75, 3.05) is 28.3 Å². The van der Waals surface area contributed by atoms with E-state index in [4.69, 9.17) is 9.47 Å². The van der Waals surface area contributed by atoms with Gasteiger partial charge in [0.15, 0.2) is 5.96 Å². The number of aromatic nitrogens is 1. The molecular formula is C22H29IN4O2S2. The van der Waals surface area contributed by atoms with Crippen molar-refractivity contribution in [3.8, 4) is 16.9 Å². The number of guanidine groups is 1. The van der Waals surface area contributed by atoms with Crippen LogP contribution in [0.4, 0.5) is 0 Å². The van der Waals surface area contributed by atoms with Gasteiger partial charge >= 0.3 is 0 Å². The lowest BCUT2D eigenvalue weighted by Crippen LogP contribution is -2.37. The molecule has 0 fully saturated rings. The quantitative estimate of drug-likeness (QED) is 0.222. The molecule has 1 unspecified atom stereocenters. The van der Waals surface area contributed by atoms with E-state index in [-0.39, 0.29) is 30.1 Å². The van der Waals surface area contributed by atoms with E-state index in [2.05, 4.69) is 49.2 Å². The van der Waals surface area contributed by atoms with E-state index in [0.717, 1.165) is 29.0 Å². The lowest BCUT2D eigenvalue weighted by atomic mass is 10.1. The second kappa shape index (κ2) is 12.4. The maximum atomic E-state index is 5.35. The zero-order valence-corrected chi connectivity index (χ0v) is 22.4. The number of aliphatic imine (C=N–C) groups is 1. The van der Waals surface area contributed by atoms with Gasteiger partial charge in [0.05, 0.1) is 25.9 Å². The van der Waals surface area contributed by atoms with Crippen LogP contribution in [0.2, 0.25) is 0 Å². The molecule has 168 valence electrons. The summed E-state index contributed by atoms with van der Waals surface area (Å²) >= 11 is 3.37. The summed E-state index contributed by atoms with van der Waals surface area (Å²) in [6, 6.07) is 10.3. The molecule has 0 amide bonds. The zero-order valence-electron chi connectivity index (χ0n) is 18.4. The summed E-state index contributed by atoms with van der Waals surface area (Å²) in [4.78, 5) is 12.4. The lowest BCUT2D eigenvalue weighted by Gasteiger charge is -2.21. The Bertz CT molecular complexity index is 972. The van der Waals surface area contributed by atoms with E-state index in [1.54, 1.807) is 43.9 Å². The summed E-state index contributed by atoms with van der Waals surface area (Å²) in [5.74, 6) is 1.70. The summed E-state index contributed by atoms with van der Waals surface area (Å²) < 4.78 is 10.6. The third-order valence-electron chi connectivity index (χ3n) is 4.74. The molecule has 9 heteroatoms. The summed E-state index contributed by atoms with van der Waals surface area (Å²) in [6.45, 7) is 3.42. The van der Waals surface area contributed by atoms with Crippen LogP contribution < -0.4 is 10.1 Å². The molecule has 1 aromatic carbocycles. The van der Waals surface area contributed by atoms with Crippen molar-refractivity contribution < 1.29 is 9.47 Å². The first-order valence-electron chi connectivity index (χ1n) is 9.64. The van der Waals surface area contributed by atoms with Crippen LogP contribution in [0.15, 0.2) is 46.1 Å². The molecule has 0 saturated heterocycles. The predicted octanol–water partition coefficient (Wildman–Crippen LogP) is 5.41. The van der Waals surface area contributed by atoms with Gasteiger partial charge in [-0.05, 0) is 41.6 Å². The fraction of sp³-hybridized carbons (Fsp3) is 0.364. The molecule has 6 nitrogen and oxygen atoms in total. The molecule has 0 aliphatic heterocycles. The fourth-order valence-electron chi connectivity index (χ4n) is 2.96. The average molecular weight is 573 g/mol. The number of thiophene rings is 1. The molecule has 0 aliphatic carbocycles. The number of hydrogen-bond donors (Lipinski definition) is 1. The van der Waals surface area contributed by atoms with Crippen molar-refractivity contribution in [3.05, 3.63) is 56.7 Å². The Labute approximate surface area is 209 Å². The molecule has 0 bridgehead atoms. The highest BCUT2D eigenvalue weighted by Crippen LogP contribution is 2.27. The molecule has 1 N–H and O–H groups in total. The van der Waals surface area contributed by atoms with Crippen LogP contribution in [0.5, 0.6) is 5.75 Å². The maximum Gasteiger partial charge on any atom is 0.194 e. The Hall–Kier alpha value is -1.69. The highest BCUT2D eigenvalue weighted by Gasteiger charge is 2.13. The monoisotopic (exact) mass is 572 g/mol. The van der Waals surface area contributed by atoms with Crippen molar-refractivity contribution in [1.29, 1.82) is 0 Å². The van der Waals surface area contributed by atoms with Gasteiger partial charge in [0, 0.05) is 31.5 Å². The van der Waals surface area contributed by atoms with Crippen LogP contribution in [0.3, 0.4) is 0 Å². The number of halogens is 1. The minimum Gasteiger partial charge on any atom is -0.497 e. The number of rotatable bonds is 8. The standard InChI is InChI=1S/C22H28N4O2S2.HI/c1-15(27-4)21-25-18(14-30-21)12-26(3)22(23-2)24-11-20-10-17(13-29-20)16-6-8-19(28-5)9-7-16;/h6-10,13-15H,11-12H2,1-5H3,(H,23,24);1H. The van der Waals surface area contributed by atoms with Gasteiger partial charge in [-0.25, -0.2) is 4.98 Å². The molecule has 0 spiro atoms. The summed E-state index contributed by atoms with van der Waals surface area (Å²) in [6.07, 6.45) is 0.0187. The minimum atomic E-state index is 0. The van der Waals surface area contributed by atoms with Gasteiger partial charge in [0.25, 0.3) is 0 Å². The van der Waals surface area contributed by atoms with Gasteiger partial charge in [-0.1, -0.05) is 12.1 Å². The molecule has 0 aliphatic rings. The topological polar surface area (TPSA) is 59.0 Å². The van der Waals surface area contributed by atoms with Gasteiger partial charge in [-0.3, -0.25) is 4.99 Å². The van der Waals surface area contributed by atoms with E-state index in [0.29, 0.717) is 6.54 Å². The van der Waals surface area contributed by atoms with Crippen molar-refractivity contribution in [1.82, 2.24) is 15.2 Å². The Morgan fingerprint density at radius 3 is 2.55 bits per heavy atom. The Kier molecular flexibility index (Phi) is 10.2. The number of thiazole rings is 1. The van der Waals surface area contributed by atoms with Gasteiger partial charge in [0.2, 0.25) is 0 Å². The highest BCUT2D eigenvalue weighted by molar-refractivity contribution is 14.0. The first kappa shape index (κ1) is 25.6. The number of methoxy groups -OCH3 is 2. The maximum absolute atomic E-state index is 5.35. The van der Waals surface area contributed by atoms with E-state index >= 15 is 0 Å². The molecule has 2 aromatic heterocycles. The Morgan fingerprint density at radius 1 is 1.16 bits per heavy atom. The van der Waals surface area contributed by atoms with Crippen LogP contribution >= 0.6 is 46.7 Å². The molecule has 3 aromatic rings. The predicted molar refractivity (Wildman–Crippen MR) is 141 cm³/mol. The van der Waals surface area contributed by atoms with E-state index in [9.17, 15) is 0 Å². The molecule has 0 radical (unpaired) electrons. The Balaban J connectivity index is 0.00000341. The van der Waals surface area contributed by atoms with Gasteiger partial charge in [-0.15, -0.1) is 46.7 Å². The number of nitrogens with one attached hydrogen (secondary N) is 1. The largest absolute Gasteiger partial charge is 0.497 e. The number of benzene rings is 1. The molecule has 3 rings (SSSR count). The van der Waals surface area contributed by atoms with Crippen molar-refractivity contribution >= 4 is 52.6 Å². The first-order valence-corrected chi connectivity index (χ1v) is 11.4. The third-order valence-corrected chi connectivity index (χ3v) is 6.73. The van der Waals surface area contributed by atoms with Crippen LogP contribution in [0, 0.1) is 0 Å². The van der Waals surface area contributed by atoms with Crippen LogP contribution in [0.25, 0.3) is 11.1 Å². The SMILES string of the molecule is CN=C(NCc1cc(-c2ccc(OC)cc2)cs1)N(C)Cc1csc(C(C)OC)n1.I. The molecule has 1 atom stereocenters. The van der Waals surface area contributed by atoms with Crippen molar-refractivity contribution in [2.24, 2.45) is 4.99 Å². The van der Waals surface area contributed by atoms with E-state index in [1.165, 1.54) is 16.0 Å². The zero-order chi connectivity index (χ0) is 21.5. The fourth-order valence-corrected chi connectivity index (χ4v) is 4.63. The number of hydrogen-bond acceptors (Lipinski definition) is 6. The van der Waals surface area contributed by atoms with Gasteiger partial charge in [-0.2, -0.15) is 0 Å². The van der Waals surface area contributed by atoms with Gasteiger partial charge < -0.3 is 19.7 Å². The van der Waals surface area contributed by atoms with Crippen molar-refractivity contribution in [2.45, 2.75) is 26.1 Å². The lowest BCUT2D eigenvalue weighted by molar-refractivity contribution is 0.119. The summed E-state index contributed by atoms with van der Waals surface area (Å²) in [5, 5.41) is 8.70. The van der Waals surface area contributed by atoms with Crippen molar-refractivity contribution in [3.63, 3.8) is 0 Å². The number of ether oxygens (including phenoxy) is 2. The third kappa shape index (κ3) is 6.90. The van der Waals surface area contributed by atoms with Crippen LogP contribution in [0.1, 0.15) is 28.6 Å².